The summed E-state index contributed by atoms with van der Waals surface area (Å²) in [7, 11) is 3.99. The first kappa shape index (κ1) is 16.7. The van der Waals surface area contributed by atoms with Crippen molar-refractivity contribution in [2.24, 2.45) is 0 Å². The highest BCUT2D eigenvalue weighted by molar-refractivity contribution is 5.53. The number of likely N-dealkylation sites (N-methyl/N-ethyl adjacent to an activating group) is 2. The molecule has 0 spiro atoms. The van der Waals surface area contributed by atoms with E-state index in [1.165, 1.54) is 0 Å². The standard InChI is InChI=1S/C16H25N5O/c1-13-4-5-14(10-17)16(18-13)20(3)11-15(22)12-21-8-6-19(2)7-9-21/h4-5,15,22H,6-9,11-12H2,1-3H3/t15-/m1/s1. The van der Waals surface area contributed by atoms with Crippen LogP contribution >= 0.6 is 0 Å². The smallest absolute Gasteiger partial charge is 0.146 e. The zero-order chi connectivity index (χ0) is 16.1. The third-order valence-corrected chi connectivity index (χ3v) is 4.05. The van der Waals surface area contributed by atoms with Crippen LogP contribution in [0.15, 0.2) is 12.1 Å². The Morgan fingerprint density at radius 1 is 1.36 bits per heavy atom. The summed E-state index contributed by atoms with van der Waals surface area (Å²) in [6.45, 7) is 7.09. The molecule has 2 rings (SSSR count). The Labute approximate surface area is 132 Å². The van der Waals surface area contributed by atoms with Crippen LogP contribution in [-0.4, -0.2) is 79.4 Å². The number of nitrogens with zero attached hydrogens (tertiary/aromatic N) is 5. The molecule has 0 amide bonds. The average molecular weight is 303 g/mol. The van der Waals surface area contributed by atoms with E-state index in [4.69, 9.17) is 0 Å². The van der Waals surface area contributed by atoms with Gasteiger partial charge in [-0.05, 0) is 26.1 Å². The summed E-state index contributed by atoms with van der Waals surface area (Å²) < 4.78 is 0. The minimum Gasteiger partial charge on any atom is -0.390 e. The van der Waals surface area contributed by atoms with Crippen LogP contribution < -0.4 is 4.90 Å². The lowest BCUT2D eigenvalue weighted by atomic mass is 10.2. The fourth-order valence-electron chi connectivity index (χ4n) is 2.71. The minimum absolute atomic E-state index is 0.456. The molecule has 120 valence electrons. The largest absolute Gasteiger partial charge is 0.390 e. The molecule has 2 heterocycles. The van der Waals surface area contributed by atoms with Crippen LogP contribution in [0.4, 0.5) is 5.82 Å². The van der Waals surface area contributed by atoms with Gasteiger partial charge in [-0.3, -0.25) is 4.90 Å². The first-order valence-electron chi connectivity index (χ1n) is 7.67. The zero-order valence-corrected chi connectivity index (χ0v) is 13.7. The summed E-state index contributed by atoms with van der Waals surface area (Å²) in [5, 5.41) is 19.5. The van der Waals surface area contributed by atoms with Crippen molar-refractivity contribution in [2.45, 2.75) is 13.0 Å². The predicted molar refractivity (Wildman–Crippen MR) is 86.9 cm³/mol. The van der Waals surface area contributed by atoms with Crippen molar-refractivity contribution in [1.82, 2.24) is 14.8 Å². The molecule has 0 aliphatic carbocycles. The van der Waals surface area contributed by atoms with Gasteiger partial charge in [-0.15, -0.1) is 0 Å². The molecular formula is C16H25N5O. The fourth-order valence-corrected chi connectivity index (χ4v) is 2.71. The number of pyridine rings is 1. The van der Waals surface area contributed by atoms with Crippen molar-refractivity contribution in [2.75, 3.05) is 58.3 Å². The maximum atomic E-state index is 10.3. The molecule has 0 saturated carbocycles. The van der Waals surface area contributed by atoms with Crippen LogP contribution in [0.1, 0.15) is 11.3 Å². The Kier molecular flexibility index (Phi) is 5.72. The third kappa shape index (κ3) is 4.41. The number of β-amino-alcohol motifs (C(OH)–C–C–N with tert-alkyl or cyclic N) is 1. The Balaban J connectivity index is 1.92. The number of aliphatic hydroxyl groups is 1. The van der Waals surface area contributed by atoms with Gasteiger partial charge in [0.15, 0.2) is 0 Å². The van der Waals surface area contributed by atoms with Gasteiger partial charge in [0.25, 0.3) is 0 Å². The molecule has 0 aromatic carbocycles. The number of anilines is 1. The first-order valence-corrected chi connectivity index (χ1v) is 7.67. The molecule has 22 heavy (non-hydrogen) atoms. The number of piperazine rings is 1. The lowest BCUT2D eigenvalue weighted by Gasteiger charge is -2.34. The van der Waals surface area contributed by atoms with Crippen molar-refractivity contribution >= 4 is 5.82 Å². The van der Waals surface area contributed by atoms with E-state index in [9.17, 15) is 10.4 Å². The highest BCUT2D eigenvalue weighted by atomic mass is 16.3. The summed E-state index contributed by atoms with van der Waals surface area (Å²) in [5.74, 6) is 0.639. The molecule has 1 fully saturated rings. The molecule has 1 aromatic rings. The van der Waals surface area contributed by atoms with E-state index < -0.39 is 6.10 Å². The Morgan fingerprint density at radius 3 is 2.68 bits per heavy atom. The topological polar surface area (TPSA) is 66.6 Å². The number of rotatable bonds is 5. The van der Waals surface area contributed by atoms with Gasteiger partial charge in [0.1, 0.15) is 11.9 Å². The molecule has 1 saturated heterocycles. The van der Waals surface area contributed by atoms with Gasteiger partial charge in [-0.2, -0.15) is 5.26 Å². The van der Waals surface area contributed by atoms with Crippen LogP contribution in [0.25, 0.3) is 0 Å². The summed E-state index contributed by atoms with van der Waals surface area (Å²) in [6.07, 6.45) is -0.456. The van der Waals surface area contributed by atoms with Gasteiger partial charge in [0, 0.05) is 52.0 Å². The number of hydrogen-bond acceptors (Lipinski definition) is 6. The molecule has 1 atom stereocenters. The van der Waals surface area contributed by atoms with Crippen molar-refractivity contribution in [3.05, 3.63) is 23.4 Å². The Morgan fingerprint density at radius 2 is 2.05 bits per heavy atom. The van der Waals surface area contributed by atoms with Gasteiger partial charge in [-0.1, -0.05) is 0 Å². The number of aliphatic hydroxyl groups excluding tert-OH is 1. The molecule has 0 radical (unpaired) electrons. The second-order valence-electron chi connectivity index (χ2n) is 6.07. The highest BCUT2D eigenvalue weighted by Crippen LogP contribution is 2.16. The predicted octanol–water partition coefficient (Wildman–Crippen LogP) is 0.306. The highest BCUT2D eigenvalue weighted by Gasteiger charge is 2.19. The van der Waals surface area contributed by atoms with Gasteiger partial charge in [0.05, 0.1) is 11.7 Å². The third-order valence-electron chi connectivity index (χ3n) is 4.05. The maximum absolute atomic E-state index is 10.3. The lowest BCUT2D eigenvalue weighted by molar-refractivity contribution is 0.0842. The summed E-state index contributed by atoms with van der Waals surface area (Å²) >= 11 is 0. The Hall–Kier alpha value is -1.68. The molecule has 0 bridgehead atoms. The first-order chi connectivity index (χ1) is 10.5. The molecule has 1 aromatic heterocycles. The zero-order valence-electron chi connectivity index (χ0n) is 13.7. The lowest BCUT2D eigenvalue weighted by Crippen LogP contribution is -2.48. The quantitative estimate of drug-likeness (QED) is 0.844. The van der Waals surface area contributed by atoms with Crippen LogP contribution in [0.2, 0.25) is 0 Å². The minimum atomic E-state index is -0.456. The molecular weight excluding hydrogens is 278 g/mol. The Bertz CT molecular complexity index is 534. The monoisotopic (exact) mass is 303 g/mol. The molecule has 1 N–H and O–H groups in total. The van der Waals surface area contributed by atoms with Crippen LogP contribution in [0.3, 0.4) is 0 Å². The second kappa shape index (κ2) is 7.54. The number of hydrogen-bond donors (Lipinski definition) is 1. The maximum Gasteiger partial charge on any atom is 0.146 e. The van der Waals surface area contributed by atoms with E-state index in [0.29, 0.717) is 24.5 Å². The van der Waals surface area contributed by atoms with E-state index in [-0.39, 0.29) is 0 Å². The van der Waals surface area contributed by atoms with Crippen molar-refractivity contribution in [3.63, 3.8) is 0 Å². The molecule has 6 heteroatoms. The summed E-state index contributed by atoms with van der Waals surface area (Å²) in [4.78, 5) is 10.9. The molecule has 6 nitrogen and oxygen atoms in total. The van der Waals surface area contributed by atoms with Gasteiger partial charge >= 0.3 is 0 Å². The van der Waals surface area contributed by atoms with Crippen molar-refractivity contribution < 1.29 is 5.11 Å². The van der Waals surface area contributed by atoms with Gasteiger partial charge < -0.3 is 14.9 Å². The fraction of sp³-hybridized carbons (Fsp3) is 0.625. The second-order valence-corrected chi connectivity index (χ2v) is 6.07. The number of aromatic nitrogens is 1. The number of aryl methyl sites for hydroxylation is 1. The molecule has 1 aliphatic heterocycles. The molecule has 1 aliphatic rings. The summed E-state index contributed by atoms with van der Waals surface area (Å²) in [6, 6.07) is 5.77. The van der Waals surface area contributed by atoms with Gasteiger partial charge in [0.2, 0.25) is 0 Å². The van der Waals surface area contributed by atoms with E-state index in [2.05, 4.69) is 27.9 Å². The van der Waals surface area contributed by atoms with Gasteiger partial charge in [-0.25, -0.2) is 4.98 Å². The van der Waals surface area contributed by atoms with E-state index in [1.54, 1.807) is 6.07 Å². The molecule has 0 unspecified atom stereocenters. The normalized spacial score (nSPS) is 18.0. The van der Waals surface area contributed by atoms with Crippen molar-refractivity contribution in [3.8, 4) is 6.07 Å². The SMILES string of the molecule is Cc1ccc(C#N)c(N(C)C[C@@H](O)CN2CCN(C)CC2)n1. The van der Waals surface area contributed by atoms with Crippen LogP contribution in [0, 0.1) is 18.3 Å². The van der Waals surface area contributed by atoms with E-state index >= 15 is 0 Å². The average Bonchev–Trinajstić information content (AvgIpc) is 2.49. The van der Waals surface area contributed by atoms with E-state index in [1.807, 2.05) is 24.9 Å². The van der Waals surface area contributed by atoms with E-state index in [0.717, 1.165) is 31.9 Å². The van der Waals surface area contributed by atoms with Crippen molar-refractivity contribution in [1.29, 1.82) is 5.26 Å². The summed E-state index contributed by atoms with van der Waals surface area (Å²) in [5.41, 5.74) is 1.41. The number of nitriles is 1. The van der Waals surface area contributed by atoms with Crippen LogP contribution in [-0.2, 0) is 0 Å². The van der Waals surface area contributed by atoms with Crippen LogP contribution in [0.5, 0.6) is 0 Å².